The van der Waals surface area contributed by atoms with Gasteiger partial charge in [-0.25, -0.2) is 0 Å². The fourth-order valence-corrected chi connectivity index (χ4v) is 1.97. The fourth-order valence-electron chi connectivity index (χ4n) is 1.97. The summed E-state index contributed by atoms with van der Waals surface area (Å²) >= 11 is 0. The van der Waals surface area contributed by atoms with Crippen molar-refractivity contribution in [1.82, 2.24) is 0 Å². The second-order valence-corrected chi connectivity index (χ2v) is 5.02. The van der Waals surface area contributed by atoms with Crippen molar-refractivity contribution < 1.29 is 9.84 Å². The molecule has 0 spiro atoms. The normalized spacial score (nSPS) is 14.8. The van der Waals surface area contributed by atoms with Crippen LogP contribution in [0.2, 0.25) is 0 Å². The molecule has 0 radical (unpaired) electrons. The Balaban J connectivity index is 3.57. The van der Waals surface area contributed by atoms with Crippen LogP contribution in [-0.2, 0) is 4.74 Å². The summed E-state index contributed by atoms with van der Waals surface area (Å²) < 4.78 is 5.66. The maximum Gasteiger partial charge on any atom is 0.165 e. The number of hydrogen-bond acceptors (Lipinski definition) is 2. The maximum atomic E-state index is 10.2. The second kappa shape index (κ2) is 11.0. The van der Waals surface area contributed by atoms with Crippen molar-refractivity contribution in [3.8, 4) is 0 Å². The van der Waals surface area contributed by atoms with Gasteiger partial charge in [0.2, 0.25) is 0 Å². The monoisotopic (exact) mass is 244 g/mol. The van der Waals surface area contributed by atoms with Gasteiger partial charge in [-0.1, -0.05) is 59.3 Å². The van der Waals surface area contributed by atoms with E-state index < -0.39 is 5.79 Å². The first-order valence-corrected chi connectivity index (χ1v) is 7.54. The van der Waals surface area contributed by atoms with Crippen LogP contribution in [0.25, 0.3) is 0 Å². The van der Waals surface area contributed by atoms with Crippen molar-refractivity contribution in [1.29, 1.82) is 0 Å². The zero-order valence-corrected chi connectivity index (χ0v) is 12.1. The Morgan fingerprint density at radius 3 is 2.00 bits per heavy atom. The van der Waals surface area contributed by atoms with Gasteiger partial charge in [-0.15, -0.1) is 0 Å². The highest BCUT2D eigenvalue weighted by Gasteiger charge is 2.24. The molecule has 0 aromatic rings. The van der Waals surface area contributed by atoms with Gasteiger partial charge in [-0.3, -0.25) is 0 Å². The van der Waals surface area contributed by atoms with Crippen LogP contribution in [0.15, 0.2) is 0 Å². The van der Waals surface area contributed by atoms with Crippen molar-refractivity contribution in [2.24, 2.45) is 0 Å². The van der Waals surface area contributed by atoms with Gasteiger partial charge >= 0.3 is 0 Å². The lowest BCUT2D eigenvalue weighted by Crippen LogP contribution is -2.31. The van der Waals surface area contributed by atoms with Gasteiger partial charge in [-0.2, -0.15) is 0 Å². The first kappa shape index (κ1) is 16.9. The summed E-state index contributed by atoms with van der Waals surface area (Å²) in [7, 11) is 0. The van der Waals surface area contributed by atoms with Gasteiger partial charge in [0.25, 0.3) is 0 Å². The van der Waals surface area contributed by atoms with E-state index in [1.165, 1.54) is 38.5 Å². The third-order valence-corrected chi connectivity index (χ3v) is 3.34. The molecular weight excluding hydrogens is 212 g/mol. The second-order valence-electron chi connectivity index (χ2n) is 5.02. The molecule has 104 valence electrons. The largest absolute Gasteiger partial charge is 0.365 e. The van der Waals surface area contributed by atoms with E-state index in [-0.39, 0.29) is 0 Å². The van der Waals surface area contributed by atoms with Crippen molar-refractivity contribution >= 4 is 0 Å². The molecule has 0 heterocycles. The summed E-state index contributed by atoms with van der Waals surface area (Å²) in [5.74, 6) is -0.861. The van der Waals surface area contributed by atoms with Crippen molar-refractivity contribution in [3.63, 3.8) is 0 Å². The minimum Gasteiger partial charge on any atom is -0.365 e. The van der Waals surface area contributed by atoms with Gasteiger partial charge < -0.3 is 9.84 Å². The number of unbranched alkanes of at least 4 members (excludes halogenated alkanes) is 6. The number of hydrogen-bond donors (Lipinski definition) is 1. The molecular formula is C15H32O2. The Hall–Kier alpha value is -0.0800. The molecule has 17 heavy (non-hydrogen) atoms. The Morgan fingerprint density at radius 2 is 1.41 bits per heavy atom. The van der Waals surface area contributed by atoms with E-state index in [2.05, 4.69) is 13.8 Å². The molecule has 0 aliphatic rings. The van der Waals surface area contributed by atoms with E-state index in [9.17, 15) is 5.11 Å². The fraction of sp³-hybridized carbons (Fsp3) is 1.00. The summed E-state index contributed by atoms with van der Waals surface area (Å²) in [6.07, 6.45) is 11.1. The lowest BCUT2D eigenvalue weighted by Gasteiger charge is -2.27. The molecule has 0 bridgehead atoms. The van der Waals surface area contributed by atoms with E-state index >= 15 is 0 Å². The summed E-state index contributed by atoms with van der Waals surface area (Å²) in [5, 5.41) is 10.2. The minimum atomic E-state index is -0.861. The Bertz CT molecular complexity index is 159. The predicted octanol–water partition coefficient (Wildman–Crippen LogP) is 4.65. The third kappa shape index (κ3) is 9.61. The average molecular weight is 244 g/mol. The first-order valence-electron chi connectivity index (χ1n) is 7.54. The zero-order valence-electron chi connectivity index (χ0n) is 12.1. The molecule has 0 aromatic carbocycles. The molecule has 0 aliphatic heterocycles. The number of ether oxygens (including phenoxy) is 1. The van der Waals surface area contributed by atoms with Crippen molar-refractivity contribution in [2.75, 3.05) is 6.61 Å². The first-order chi connectivity index (χ1) is 8.18. The van der Waals surface area contributed by atoms with E-state index in [1.807, 2.05) is 6.92 Å². The Morgan fingerprint density at radius 1 is 0.824 bits per heavy atom. The van der Waals surface area contributed by atoms with Crippen molar-refractivity contribution in [2.45, 2.75) is 90.8 Å². The smallest absolute Gasteiger partial charge is 0.165 e. The molecule has 2 nitrogen and oxygen atoms in total. The highest BCUT2D eigenvalue weighted by Crippen LogP contribution is 2.21. The predicted molar refractivity (Wildman–Crippen MR) is 74.1 cm³/mol. The molecule has 1 unspecified atom stereocenters. The summed E-state index contributed by atoms with van der Waals surface area (Å²) in [4.78, 5) is 0. The van der Waals surface area contributed by atoms with Gasteiger partial charge in [0, 0.05) is 6.42 Å². The molecule has 0 fully saturated rings. The van der Waals surface area contributed by atoms with Crippen LogP contribution in [0.1, 0.15) is 85.0 Å². The van der Waals surface area contributed by atoms with Crippen LogP contribution in [0.4, 0.5) is 0 Å². The highest BCUT2D eigenvalue weighted by molar-refractivity contribution is 4.65. The molecule has 1 atom stereocenters. The average Bonchev–Trinajstić information content (AvgIpc) is 2.34. The zero-order chi connectivity index (χ0) is 13.0. The van der Waals surface area contributed by atoms with Crippen LogP contribution in [0.5, 0.6) is 0 Å². The molecule has 0 aliphatic carbocycles. The standard InChI is InChI=1S/C15H32O2/c1-4-7-9-10-12-14-17-15(16,6-3)13-11-8-5-2/h16H,4-14H2,1-3H3. The molecule has 0 saturated heterocycles. The molecule has 0 rings (SSSR count). The van der Waals surface area contributed by atoms with Crippen LogP contribution in [-0.4, -0.2) is 17.5 Å². The summed E-state index contributed by atoms with van der Waals surface area (Å²) in [6.45, 7) is 7.11. The lowest BCUT2D eigenvalue weighted by atomic mass is 10.1. The SMILES string of the molecule is CCCCCCCOC(O)(CC)CCCCC. The van der Waals surface area contributed by atoms with Gasteiger partial charge in [0.1, 0.15) is 0 Å². The Labute approximate surface area is 108 Å². The summed E-state index contributed by atoms with van der Waals surface area (Å²) in [6, 6.07) is 0. The summed E-state index contributed by atoms with van der Waals surface area (Å²) in [5.41, 5.74) is 0. The topological polar surface area (TPSA) is 29.5 Å². The highest BCUT2D eigenvalue weighted by atomic mass is 16.6. The quantitative estimate of drug-likeness (QED) is 0.400. The molecule has 0 aromatic heterocycles. The maximum absolute atomic E-state index is 10.2. The van der Waals surface area contributed by atoms with Gasteiger partial charge in [-0.05, 0) is 19.3 Å². The van der Waals surface area contributed by atoms with Crippen LogP contribution in [0.3, 0.4) is 0 Å². The molecule has 0 amide bonds. The van der Waals surface area contributed by atoms with Gasteiger partial charge in [0.05, 0.1) is 6.61 Å². The van der Waals surface area contributed by atoms with E-state index in [0.717, 1.165) is 19.3 Å². The third-order valence-electron chi connectivity index (χ3n) is 3.34. The van der Waals surface area contributed by atoms with Crippen molar-refractivity contribution in [3.05, 3.63) is 0 Å². The van der Waals surface area contributed by atoms with E-state index in [1.54, 1.807) is 0 Å². The van der Waals surface area contributed by atoms with E-state index in [4.69, 9.17) is 4.74 Å². The number of rotatable bonds is 12. The Kier molecular flexibility index (Phi) is 11.0. The van der Waals surface area contributed by atoms with Crippen LogP contribution < -0.4 is 0 Å². The van der Waals surface area contributed by atoms with E-state index in [0.29, 0.717) is 13.0 Å². The minimum absolute atomic E-state index is 0.700. The number of aliphatic hydroxyl groups is 1. The van der Waals surface area contributed by atoms with Gasteiger partial charge in [0.15, 0.2) is 5.79 Å². The lowest BCUT2D eigenvalue weighted by molar-refractivity contribution is -0.210. The van der Waals surface area contributed by atoms with Crippen LogP contribution in [0, 0.1) is 0 Å². The molecule has 0 saturated carbocycles. The molecule has 1 N–H and O–H groups in total. The van der Waals surface area contributed by atoms with Crippen LogP contribution >= 0.6 is 0 Å². The molecule has 2 heteroatoms.